The third-order valence-corrected chi connectivity index (χ3v) is 3.84. The normalized spacial score (nSPS) is 40.4. The van der Waals surface area contributed by atoms with E-state index >= 15 is 0 Å². The molecule has 1 N–H and O–H groups in total. The summed E-state index contributed by atoms with van der Waals surface area (Å²) in [6, 6.07) is 0.646. The fourth-order valence-electron chi connectivity index (χ4n) is 3.16. The van der Waals surface area contributed by atoms with Gasteiger partial charge in [0.25, 0.3) is 0 Å². The van der Waals surface area contributed by atoms with Crippen LogP contribution in [0.5, 0.6) is 0 Å². The van der Waals surface area contributed by atoms with Crippen molar-refractivity contribution in [3.63, 3.8) is 0 Å². The number of rotatable bonds is 0. The molecule has 1 saturated heterocycles. The highest BCUT2D eigenvalue weighted by molar-refractivity contribution is 5.90. The van der Waals surface area contributed by atoms with Crippen molar-refractivity contribution in [1.82, 2.24) is 10.2 Å². The van der Waals surface area contributed by atoms with E-state index in [4.69, 9.17) is 0 Å². The second kappa shape index (κ2) is 3.01. The molecule has 3 rings (SSSR count). The molecule has 0 radical (unpaired) electrons. The van der Waals surface area contributed by atoms with Gasteiger partial charge < -0.3 is 10.2 Å². The van der Waals surface area contributed by atoms with Crippen molar-refractivity contribution in [3.8, 4) is 0 Å². The molecular weight excluding hydrogens is 176 g/mol. The second-order valence-corrected chi connectivity index (χ2v) is 4.55. The maximum atomic E-state index is 12.1. The Bertz CT molecular complexity index is 287. The smallest absolute Gasteiger partial charge is 0.162 e. The Morgan fingerprint density at radius 2 is 2.21 bits per heavy atom. The Morgan fingerprint density at radius 1 is 1.36 bits per heavy atom. The Hall–Kier alpha value is -0.990. The van der Waals surface area contributed by atoms with Crippen LogP contribution in [0.2, 0.25) is 0 Å². The predicted molar refractivity (Wildman–Crippen MR) is 53.5 cm³/mol. The Kier molecular flexibility index (Phi) is 1.79. The third-order valence-electron chi connectivity index (χ3n) is 3.84. The predicted octanol–water partition coefficient (Wildman–Crippen LogP) is 0.873. The summed E-state index contributed by atoms with van der Waals surface area (Å²) in [6.07, 6.45) is 8.90. The molecule has 1 aliphatic carbocycles. The van der Waals surface area contributed by atoms with Gasteiger partial charge in [0.15, 0.2) is 5.78 Å². The van der Waals surface area contributed by atoms with E-state index in [1.165, 1.54) is 19.3 Å². The zero-order valence-electron chi connectivity index (χ0n) is 8.28. The van der Waals surface area contributed by atoms with Gasteiger partial charge in [-0.2, -0.15) is 0 Å². The van der Waals surface area contributed by atoms with Gasteiger partial charge in [0, 0.05) is 30.9 Å². The van der Waals surface area contributed by atoms with Gasteiger partial charge >= 0.3 is 0 Å². The van der Waals surface area contributed by atoms with Gasteiger partial charge in [-0.25, -0.2) is 0 Å². The number of carbonyl (C=O) groups excluding carboxylic acids is 1. The topological polar surface area (TPSA) is 32.3 Å². The van der Waals surface area contributed by atoms with E-state index < -0.39 is 0 Å². The van der Waals surface area contributed by atoms with Gasteiger partial charge in [-0.1, -0.05) is 12.8 Å². The van der Waals surface area contributed by atoms with E-state index in [9.17, 15) is 4.79 Å². The number of ketones is 1. The van der Waals surface area contributed by atoms with Crippen LogP contribution in [0, 0.1) is 5.92 Å². The standard InChI is InChI=1S/C11H16N2O/c14-11-8-3-1-2-4-9(8)13-6-5-12-7-10(11)13/h5-6,8-10,12H,1-4,7H2. The van der Waals surface area contributed by atoms with Crippen LogP contribution in [-0.2, 0) is 4.79 Å². The van der Waals surface area contributed by atoms with Crippen LogP contribution in [0.15, 0.2) is 12.4 Å². The SMILES string of the molecule is O=C1C2CCCCC2N2C=CNCC12. The summed E-state index contributed by atoms with van der Waals surface area (Å²) >= 11 is 0. The second-order valence-electron chi connectivity index (χ2n) is 4.55. The van der Waals surface area contributed by atoms with Crippen LogP contribution in [-0.4, -0.2) is 29.3 Å². The summed E-state index contributed by atoms with van der Waals surface area (Å²) < 4.78 is 0. The average Bonchev–Trinajstić information content (AvgIpc) is 2.55. The third kappa shape index (κ3) is 1.01. The Morgan fingerprint density at radius 3 is 3.14 bits per heavy atom. The summed E-state index contributed by atoms with van der Waals surface area (Å²) in [4.78, 5) is 14.4. The monoisotopic (exact) mass is 192 g/mol. The van der Waals surface area contributed by atoms with Gasteiger partial charge in [-0.3, -0.25) is 4.79 Å². The summed E-state index contributed by atoms with van der Waals surface area (Å²) in [5, 5.41) is 3.15. The van der Waals surface area contributed by atoms with E-state index in [1.807, 2.05) is 6.20 Å². The van der Waals surface area contributed by atoms with Crippen LogP contribution in [0.4, 0.5) is 0 Å². The molecule has 14 heavy (non-hydrogen) atoms. The Labute approximate surface area is 84.2 Å². The lowest BCUT2D eigenvalue weighted by Gasteiger charge is -2.33. The fraction of sp³-hybridized carbons (Fsp3) is 0.727. The van der Waals surface area contributed by atoms with Crippen molar-refractivity contribution >= 4 is 5.78 Å². The maximum absolute atomic E-state index is 12.1. The minimum Gasteiger partial charge on any atom is -0.387 e. The first-order valence-electron chi connectivity index (χ1n) is 5.59. The van der Waals surface area contributed by atoms with Crippen molar-refractivity contribution in [2.45, 2.75) is 37.8 Å². The van der Waals surface area contributed by atoms with Crippen molar-refractivity contribution in [2.24, 2.45) is 5.92 Å². The minimum atomic E-state index is 0.132. The first kappa shape index (κ1) is 8.33. The maximum Gasteiger partial charge on any atom is 0.162 e. The molecule has 3 nitrogen and oxygen atoms in total. The lowest BCUT2D eigenvalue weighted by Crippen LogP contribution is -2.43. The van der Waals surface area contributed by atoms with Crippen molar-refractivity contribution in [1.29, 1.82) is 0 Å². The molecule has 2 heterocycles. The first-order valence-corrected chi connectivity index (χ1v) is 5.59. The molecule has 0 aromatic carbocycles. The summed E-state index contributed by atoms with van der Waals surface area (Å²) in [6.45, 7) is 0.808. The highest BCUT2D eigenvalue weighted by Crippen LogP contribution is 2.37. The van der Waals surface area contributed by atoms with Gasteiger partial charge in [0.1, 0.15) is 6.04 Å². The van der Waals surface area contributed by atoms with Crippen molar-refractivity contribution in [3.05, 3.63) is 12.4 Å². The van der Waals surface area contributed by atoms with E-state index in [1.54, 1.807) is 0 Å². The largest absolute Gasteiger partial charge is 0.387 e. The van der Waals surface area contributed by atoms with Crippen LogP contribution < -0.4 is 5.32 Å². The Balaban J connectivity index is 1.92. The lowest BCUT2D eigenvalue weighted by atomic mass is 9.84. The quantitative estimate of drug-likeness (QED) is 0.618. The van der Waals surface area contributed by atoms with E-state index in [0.29, 0.717) is 17.7 Å². The molecule has 3 unspecified atom stereocenters. The summed E-state index contributed by atoms with van der Waals surface area (Å²) in [7, 11) is 0. The van der Waals surface area contributed by atoms with Crippen LogP contribution in [0.25, 0.3) is 0 Å². The number of hydrogen-bond donors (Lipinski definition) is 1. The van der Waals surface area contributed by atoms with Gasteiger partial charge in [0.05, 0.1) is 0 Å². The molecule has 0 aromatic heterocycles. The number of hydrogen-bond acceptors (Lipinski definition) is 3. The van der Waals surface area contributed by atoms with E-state index in [2.05, 4.69) is 16.4 Å². The molecule has 0 spiro atoms. The van der Waals surface area contributed by atoms with Crippen LogP contribution in [0.3, 0.4) is 0 Å². The van der Waals surface area contributed by atoms with Crippen LogP contribution in [0.1, 0.15) is 25.7 Å². The molecule has 0 aromatic rings. The molecule has 3 heteroatoms. The number of Topliss-reactive ketones (excluding diaryl/α,β-unsaturated/α-hetero) is 1. The van der Waals surface area contributed by atoms with Crippen LogP contribution >= 0.6 is 0 Å². The van der Waals surface area contributed by atoms with E-state index in [-0.39, 0.29) is 6.04 Å². The first-order chi connectivity index (χ1) is 6.88. The molecule has 0 bridgehead atoms. The number of fused-ring (bicyclic) bond motifs is 3. The molecule has 2 fully saturated rings. The number of nitrogens with one attached hydrogen (secondary N) is 1. The lowest BCUT2D eigenvalue weighted by molar-refractivity contribution is -0.122. The fourth-order valence-corrected chi connectivity index (χ4v) is 3.16. The van der Waals surface area contributed by atoms with Crippen molar-refractivity contribution in [2.75, 3.05) is 6.54 Å². The molecular formula is C11H16N2O. The molecule has 3 aliphatic rings. The van der Waals surface area contributed by atoms with Crippen molar-refractivity contribution < 1.29 is 4.79 Å². The average molecular weight is 192 g/mol. The zero-order valence-corrected chi connectivity index (χ0v) is 8.28. The highest BCUT2D eigenvalue weighted by Gasteiger charge is 2.47. The number of nitrogens with zero attached hydrogens (tertiary/aromatic N) is 1. The molecule has 76 valence electrons. The summed E-state index contributed by atoms with van der Waals surface area (Å²) in [5.41, 5.74) is 0. The highest BCUT2D eigenvalue weighted by atomic mass is 16.1. The zero-order chi connectivity index (χ0) is 9.54. The number of carbonyl (C=O) groups is 1. The summed E-state index contributed by atoms with van der Waals surface area (Å²) in [5.74, 6) is 0.810. The minimum absolute atomic E-state index is 0.132. The molecule has 2 aliphatic heterocycles. The van der Waals surface area contributed by atoms with E-state index in [0.717, 1.165) is 13.0 Å². The van der Waals surface area contributed by atoms with Gasteiger partial charge in [0.2, 0.25) is 0 Å². The van der Waals surface area contributed by atoms with Gasteiger partial charge in [-0.15, -0.1) is 0 Å². The molecule has 3 atom stereocenters. The molecule has 1 saturated carbocycles. The van der Waals surface area contributed by atoms with Gasteiger partial charge in [-0.05, 0) is 12.8 Å². The molecule has 0 amide bonds.